The molecule has 0 spiro atoms. The van der Waals surface area contributed by atoms with E-state index in [0.29, 0.717) is 19.8 Å². The van der Waals surface area contributed by atoms with Gasteiger partial charge in [-0.2, -0.15) is 0 Å². The molecule has 0 aromatic rings. The van der Waals surface area contributed by atoms with E-state index in [-0.39, 0.29) is 24.4 Å². The van der Waals surface area contributed by atoms with Gasteiger partial charge in [-0.25, -0.2) is 4.79 Å². The molecular weight excluding hydrogens is 212 g/mol. The molecule has 1 heterocycles. The van der Waals surface area contributed by atoms with Crippen LogP contribution in [0.2, 0.25) is 0 Å². The predicted molar refractivity (Wildman–Crippen MR) is 57.2 cm³/mol. The fourth-order valence-corrected chi connectivity index (χ4v) is 1.52. The standard InChI is InChI=1S/C10H18N2O4/c1-7(4-9(13)14)5-11-10(15)12-8-2-3-16-6-8/h7-8H,2-6H2,1H3,(H,13,14)(H2,11,12,15). The van der Waals surface area contributed by atoms with E-state index in [1.807, 2.05) is 0 Å². The van der Waals surface area contributed by atoms with E-state index in [9.17, 15) is 9.59 Å². The van der Waals surface area contributed by atoms with Crippen molar-refractivity contribution in [2.24, 2.45) is 5.92 Å². The summed E-state index contributed by atoms with van der Waals surface area (Å²) in [5.41, 5.74) is 0. The minimum absolute atomic E-state index is 0.0623. The molecule has 16 heavy (non-hydrogen) atoms. The van der Waals surface area contributed by atoms with Crippen molar-refractivity contribution in [2.45, 2.75) is 25.8 Å². The quantitative estimate of drug-likeness (QED) is 0.629. The maximum Gasteiger partial charge on any atom is 0.315 e. The number of carboxylic acids is 1. The predicted octanol–water partition coefficient (Wildman–Crippen LogP) is 0.185. The molecular formula is C10H18N2O4. The van der Waals surface area contributed by atoms with Crippen LogP contribution in [-0.4, -0.2) is 42.9 Å². The fourth-order valence-electron chi connectivity index (χ4n) is 1.52. The zero-order valence-electron chi connectivity index (χ0n) is 9.36. The first-order valence-electron chi connectivity index (χ1n) is 5.42. The zero-order valence-corrected chi connectivity index (χ0v) is 9.36. The van der Waals surface area contributed by atoms with E-state index in [0.717, 1.165) is 6.42 Å². The van der Waals surface area contributed by atoms with Crippen LogP contribution >= 0.6 is 0 Å². The molecule has 0 aromatic carbocycles. The van der Waals surface area contributed by atoms with Gasteiger partial charge in [-0.3, -0.25) is 4.79 Å². The lowest BCUT2D eigenvalue weighted by Crippen LogP contribution is -2.43. The molecule has 0 aliphatic carbocycles. The minimum atomic E-state index is -0.848. The third-order valence-corrected chi connectivity index (χ3v) is 2.40. The molecule has 0 bridgehead atoms. The van der Waals surface area contributed by atoms with Gasteiger partial charge >= 0.3 is 12.0 Å². The van der Waals surface area contributed by atoms with Crippen molar-refractivity contribution in [1.82, 2.24) is 10.6 Å². The van der Waals surface area contributed by atoms with Crippen LogP contribution in [0, 0.1) is 5.92 Å². The normalized spacial score (nSPS) is 21.4. The topological polar surface area (TPSA) is 87.7 Å². The summed E-state index contributed by atoms with van der Waals surface area (Å²) in [6.07, 6.45) is 0.894. The van der Waals surface area contributed by atoms with E-state index < -0.39 is 5.97 Å². The number of aliphatic carboxylic acids is 1. The van der Waals surface area contributed by atoms with Gasteiger partial charge in [-0.1, -0.05) is 6.92 Å². The Bertz CT molecular complexity index is 251. The highest BCUT2D eigenvalue weighted by molar-refractivity contribution is 5.74. The molecule has 0 aromatic heterocycles. The Balaban J connectivity index is 2.11. The summed E-state index contributed by atoms with van der Waals surface area (Å²) >= 11 is 0. The molecule has 0 radical (unpaired) electrons. The highest BCUT2D eigenvalue weighted by Gasteiger charge is 2.17. The third kappa shape index (κ3) is 4.97. The van der Waals surface area contributed by atoms with E-state index in [1.54, 1.807) is 6.92 Å². The van der Waals surface area contributed by atoms with Gasteiger partial charge in [0.1, 0.15) is 0 Å². The molecule has 3 N–H and O–H groups in total. The monoisotopic (exact) mass is 230 g/mol. The lowest BCUT2D eigenvalue weighted by molar-refractivity contribution is -0.137. The highest BCUT2D eigenvalue weighted by atomic mass is 16.5. The number of hydrogen-bond acceptors (Lipinski definition) is 3. The number of carbonyl (C=O) groups is 2. The lowest BCUT2D eigenvalue weighted by atomic mass is 10.1. The molecule has 92 valence electrons. The fraction of sp³-hybridized carbons (Fsp3) is 0.800. The SMILES string of the molecule is CC(CNC(=O)NC1CCOC1)CC(=O)O. The summed E-state index contributed by atoms with van der Waals surface area (Å²) in [7, 11) is 0. The molecule has 1 rings (SSSR count). The van der Waals surface area contributed by atoms with Crippen LogP contribution in [0.3, 0.4) is 0 Å². The Morgan fingerprint density at radius 2 is 2.31 bits per heavy atom. The van der Waals surface area contributed by atoms with Crippen molar-refractivity contribution >= 4 is 12.0 Å². The second kappa shape index (κ2) is 6.32. The van der Waals surface area contributed by atoms with Gasteiger partial charge in [0.05, 0.1) is 12.6 Å². The van der Waals surface area contributed by atoms with E-state index in [1.165, 1.54) is 0 Å². The molecule has 1 aliphatic heterocycles. The molecule has 2 amide bonds. The zero-order chi connectivity index (χ0) is 12.0. The van der Waals surface area contributed by atoms with Crippen molar-refractivity contribution < 1.29 is 19.4 Å². The van der Waals surface area contributed by atoms with Crippen molar-refractivity contribution in [3.8, 4) is 0 Å². The first kappa shape index (κ1) is 12.8. The van der Waals surface area contributed by atoms with Crippen LogP contribution in [0.4, 0.5) is 4.79 Å². The Morgan fingerprint density at radius 1 is 1.56 bits per heavy atom. The molecule has 1 aliphatic rings. The van der Waals surface area contributed by atoms with Gasteiger partial charge in [0, 0.05) is 19.6 Å². The Morgan fingerprint density at radius 3 is 2.88 bits per heavy atom. The summed E-state index contributed by atoms with van der Waals surface area (Å²) in [6.45, 7) is 3.39. The number of hydrogen-bond donors (Lipinski definition) is 3. The highest BCUT2D eigenvalue weighted by Crippen LogP contribution is 2.03. The summed E-state index contributed by atoms with van der Waals surface area (Å²) in [5, 5.41) is 13.9. The van der Waals surface area contributed by atoms with Crippen LogP contribution in [0.1, 0.15) is 19.8 Å². The number of rotatable bonds is 5. The number of carbonyl (C=O) groups excluding carboxylic acids is 1. The smallest absolute Gasteiger partial charge is 0.315 e. The molecule has 6 nitrogen and oxygen atoms in total. The minimum Gasteiger partial charge on any atom is -0.481 e. The van der Waals surface area contributed by atoms with Crippen LogP contribution < -0.4 is 10.6 Å². The van der Waals surface area contributed by atoms with E-state index >= 15 is 0 Å². The van der Waals surface area contributed by atoms with Gasteiger partial charge < -0.3 is 20.5 Å². The summed E-state index contributed by atoms with van der Waals surface area (Å²) in [4.78, 5) is 21.8. The average Bonchev–Trinajstić information content (AvgIpc) is 2.66. The van der Waals surface area contributed by atoms with Crippen LogP contribution in [0.5, 0.6) is 0 Å². The van der Waals surface area contributed by atoms with Gasteiger partial charge in [0.25, 0.3) is 0 Å². The van der Waals surface area contributed by atoms with Gasteiger partial charge in [0.2, 0.25) is 0 Å². The summed E-state index contributed by atoms with van der Waals surface area (Å²) in [5.74, 6) is -0.915. The molecule has 2 unspecified atom stereocenters. The van der Waals surface area contributed by atoms with Crippen LogP contribution in [0.15, 0.2) is 0 Å². The second-order valence-corrected chi connectivity index (χ2v) is 4.12. The third-order valence-electron chi connectivity index (χ3n) is 2.40. The summed E-state index contributed by atoms with van der Waals surface area (Å²) < 4.78 is 5.12. The van der Waals surface area contributed by atoms with E-state index in [4.69, 9.17) is 9.84 Å². The molecule has 0 saturated carbocycles. The Hall–Kier alpha value is -1.30. The number of nitrogens with one attached hydrogen (secondary N) is 2. The maximum absolute atomic E-state index is 11.4. The number of ether oxygens (including phenoxy) is 1. The lowest BCUT2D eigenvalue weighted by Gasteiger charge is -2.14. The Kier molecular flexibility index (Phi) is 5.04. The van der Waals surface area contributed by atoms with Crippen molar-refractivity contribution in [1.29, 1.82) is 0 Å². The first-order valence-corrected chi connectivity index (χ1v) is 5.42. The first-order chi connectivity index (χ1) is 7.58. The van der Waals surface area contributed by atoms with Crippen molar-refractivity contribution in [3.05, 3.63) is 0 Å². The number of carboxylic acid groups (broad SMARTS) is 1. The van der Waals surface area contributed by atoms with Gasteiger partial charge in [-0.15, -0.1) is 0 Å². The van der Waals surface area contributed by atoms with Gasteiger partial charge in [-0.05, 0) is 12.3 Å². The van der Waals surface area contributed by atoms with Crippen LogP contribution in [-0.2, 0) is 9.53 Å². The van der Waals surface area contributed by atoms with Crippen LogP contribution in [0.25, 0.3) is 0 Å². The largest absolute Gasteiger partial charge is 0.481 e. The molecule has 1 fully saturated rings. The van der Waals surface area contributed by atoms with E-state index in [2.05, 4.69) is 10.6 Å². The number of urea groups is 1. The average molecular weight is 230 g/mol. The molecule has 2 atom stereocenters. The summed E-state index contributed by atoms with van der Waals surface area (Å²) in [6, 6.07) is -0.178. The Labute approximate surface area is 94.3 Å². The number of amides is 2. The second-order valence-electron chi connectivity index (χ2n) is 4.12. The maximum atomic E-state index is 11.4. The molecule has 1 saturated heterocycles. The van der Waals surface area contributed by atoms with Gasteiger partial charge in [0.15, 0.2) is 0 Å². The van der Waals surface area contributed by atoms with Crippen molar-refractivity contribution in [3.63, 3.8) is 0 Å². The van der Waals surface area contributed by atoms with Crippen molar-refractivity contribution in [2.75, 3.05) is 19.8 Å². The molecule has 6 heteroatoms.